The van der Waals surface area contributed by atoms with Crippen molar-refractivity contribution in [2.75, 3.05) is 0 Å². The second-order valence-electron chi connectivity index (χ2n) is 4.56. The van der Waals surface area contributed by atoms with Crippen molar-refractivity contribution in [3.63, 3.8) is 0 Å². The Bertz CT molecular complexity index is 724. The maximum Gasteiger partial charge on any atom is 0.383 e. The predicted molar refractivity (Wildman–Crippen MR) is 64.7 cm³/mol. The van der Waals surface area contributed by atoms with E-state index in [0.29, 0.717) is 21.4 Å². The summed E-state index contributed by atoms with van der Waals surface area (Å²) in [5, 5.41) is 0.382. The van der Waals surface area contributed by atoms with E-state index in [1.165, 1.54) is 12.1 Å². The van der Waals surface area contributed by atoms with E-state index in [0.717, 1.165) is 6.07 Å². The number of thiophene rings is 1. The number of halogens is 7. The summed E-state index contributed by atoms with van der Waals surface area (Å²) in [6, 6.07) is 7.09. The van der Waals surface area contributed by atoms with Gasteiger partial charge in [-0.3, -0.25) is 0 Å². The molecule has 1 aromatic carbocycles. The van der Waals surface area contributed by atoms with Gasteiger partial charge in [0.1, 0.15) is 0 Å². The molecule has 1 aliphatic rings. The molecular weight excluding hydrogens is 321 g/mol. The second-order valence-corrected chi connectivity index (χ2v) is 5.64. The second kappa shape index (κ2) is 4.00. The van der Waals surface area contributed by atoms with Crippen LogP contribution in [0, 0.1) is 0 Å². The van der Waals surface area contributed by atoms with Crippen LogP contribution < -0.4 is 0 Å². The molecule has 0 atom stereocenters. The number of fused-ring (bicyclic) bond motifs is 1. The Morgan fingerprint density at radius 2 is 1.48 bits per heavy atom. The average molecular weight is 326 g/mol. The Balaban J connectivity index is 2.27. The Morgan fingerprint density at radius 3 is 2.00 bits per heavy atom. The highest BCUT2D eigenvalue weighted by atomic mass is 32.1. The van der Waals surface area contributed by atoms with Crippen molar-refractivity contribution in [3.05, 3.63) is 41.0 Å². The molecule has 3 rings (SSSR count). The molecule has 0 saturated heterocycles. The van der Waals surface area contributed by atoms with E-state index < -0.39 is 34.0 Å². The molecule has 0 fully saturated rings. The lowest BCUT2D eigenvalue weighted by molar-refractivity contribution is -0.263. The summed E-state index contributed by atoms with van der Waals surface area (Å²) in [6.07, 6.45) is 0. The van der Waals surface area contributed by atoms with E-state index in [2.05, 4.69) is 0 Å². The highest BCUT2D eigenvalue weighted by Crippen LogP contribution is 2.63. The molecule has 0 unspecified atom stereocenters. The van der Waals surface area contributed by atoms with Crippen LogP contribution in [0.1, 0.15) is 4.88 Å². The van der Waals surface area contributed by atoms with Crippen molar-refractivity contribution in [1.82, 2.24) is 0 Å². The van der Waals surface area contributed by atoms with Crippen molar-refractivity contribution in [2.24, 2.45) is 0 Å². The average Bonchev–Trinajstić information content (AvgIpc) is 2.83. The van der Waals surface area contributed by atoms with Gasteiger partial charge >= 0.3 is 17.8 Å². The van der Waals surface area contributed by atoms with Crippen LogP contribution in [0.2, 0.25) is 0 Å². The number of alkyl halides is 6. The van der Waals surface area contributed by atoms with Gasteiger partial charge in [-0.1, -0.05) is 18.2 Å². The maximum atomic E-state index is 13.6. The van der Waals surface area contributed by atoms with Crippen LogP contribution in [-0.4, -0.2) is 17.8 Å². The minimum absolute atomic E-state index is 0.382. The predicted octanol–water partition coefficient (Wildman–Crippen LogP) is 5.50. The Kier molecular flexibility index (Phi) is 2.73. The summed E-state index contributed by atoms with van der Waals surface area (Å²) in [5.74, 6) is -19.4. The number of hydrogen-bond donors (Lipinski definition) is 0. The van der Waals surface area contributed by atoms with Gasteiger partial charge in [0.05, 0.1) is 5.57 Å². The maximum absolute atomic E-state index is 13.6. The Morgan fingerprint density at radius 1 is 0.857 bits per heavy atom. The highest BCUT2D eigenvalue weighted by molar-refractivity contribution is 7.20. The van der Waals surface area contributed by atoms with Crippen molar-refractivity contribution in [1.29, 1.82) is 0 Å². The monoisotopic (exact) mass is 326 g/mol. The lowest BCUT2D eigenvalue weighted by atomic mass is 10.1. The van der Waals surface area contributed by atoms with Crippen molar-refractivity contribution in [2.45, 2.75) is 17.8 Å². The summed E-state index contributed by atoms with van der Waals surface area (Å²) < 4.78 is 93.8. The molecule has 1 aromatic heterocycles. The number of allylic oxidation sites excluding steroid dienone is 2. The molecule has 0 saturated carbocycles. The minimum atomic E-state index is -5.80. The van der Waals surface area contributed by atoms with Crippen LogP contribution in [0.5, 0.6) is 0 Å². The van der Waals surface area contributed by atoms with Gasteiger partial charge in [0, 0.05) is 9.58 Å². The van der Waals surface area contributed by atoms with Crippen LogP contribution in [0.4, 0.5) is 30.7 Å². The normalized spacial score (nSPS) is 23.0. The summed E-state index contributed by atoms with van der Waals surface area (Å²) >= 11 is 0.558. The third-order valence-electron chi connectivity index (χ3n) is 3.27. The van der Waals surface area contributed by atoms with E-state index >= 15 is 0 Å². The third kappa shape index (κ3) is 1.62. The largest absolute Gasteiger partial charge is 0.383 e. The van der Waals surface area contributed by atoms with Gasteiger partial charge in [-0.05, 0) is 17.5 Å². The molecule has 0 aliphatic heterocycles. The molecule has 0 N–H and O–H groups in total. The smallest absolute Gasteiger partial charge is 0.204 e. The third-order valence-corrected chi connectivity index (χ3v) is 4.40. The molecular formula is C13H5F7S. The molecule has 0 radical (unpaired) electrons. The number of benzene rings is 1. The van der Waals surface area contributed by atoms with Gasteiger partial charge < -0.3 is 0 Å². The van der Waals surface area contributed by atoms with Crippen LogP contribution in [0.25, 0.3) is 15.7 Å². The fraction of sp³-hybridized carbons (Fsp3) is 0.231. The van der Waals surface area contributed by atoms with Crippen molar-refractivity contribution >= 4 is 27.0 Å². The van der Waals surface area contributed by atoms with Gasteiger partial charge in [0.15, 0.2) is 5.83 Å². The van der Waals surface area contributed by atoms with Gasteiger partial charge in [-0.25, -0.2) is 4.39 Å². The first-order chi connectivity index (χ1) is 9.60. The molecule has 1 heterocycles. The van der Waals surface area contributed by atoms with Crippen LogP contribution in [0.15, 0.2) is 36.2 Å². The summed E-state index contributed by atoms with van der Waals surface area (Å²) in [5.41, 5.74) is -1.93. The Hall–Kier alpha value is -1.57. The first-order valence-corrected chi connectivity index (χ1v) is 6.45. The molecule has 112 valence electrons. The lowest BCUT2D eigenvalue weighted by Crippen LogP contribution is -2.48. The number of rotatable bonds is 1. The zero-order valence-corrected chi connectivity index (χ0v) is 10.8. The summed E-state index contributed by atoms with van der Waals surface area (Å²) in [6.45, 7) is 0. The van der Waals surface area contributed by atoms with E-state index in [-0.39, 0.29) is 0 Å². The van der Waals surface area contributed by atoms with Gasteiger partial charge in [0.2, 0.25) is 0 Å². The van der Waals surface area contributed by atoms with E-state index in [1.54, 1.807) is 12.1 Å². The van der Waals surface area contributed by atoms with Crippen molar-refractivity contribution in [3.8, 4) is 0 Å². The standard InChI is InChI=1S/C13H5F7S/c14-10-9(11(15,16)13(19,20)12(10,17)18)8-5-6-3-1-2-4-7(6)21-8/h1-5H. The van der Waals surface area contributed by atoms with Gasteiger partial charge in [-0.15, -0.1) is 11.3 Å². The summed E-state index contributed by atoms with van der Waals surface area (Å²) in [4.78, 5) is -0.629. The van der Waals surface area contributed by atoms with Crippen LogP contribution >= 0.6 is 11.3 Å². The number of hydrogen-bond acceptors (Lipinski definition) is 1. The lowest BCUT2D eigenvalue weighted by Gasteiger charge is -2.24. The van der Waals surface area contributed by atoms with Crippen molar-refractivity contribution < 1.29 is 30.7 Å². The fourth-order valence-corrected chi connectivity index (χ4v) is 3.29. The molecule has 0 bridgehead atoms. The van der Waals surface area contributed by atoms with Gasteiger partial charge in [-0.2, -0.15) is 26.3 Å². The zero-order valence-electron chi connectivity index (χ0n) is 9.94. The van der Waals surface area contributed by atoms with E-state index in [4.69, 9.17) is 0 Å². The molecule has 8 heteroatoms. The molecule has 0 nitrogen and oxygen atoms in total. The van der Waals surface area contributed by atoms with E-state index in [9.17, 15) is 30.7 Å². The molecule has 0 amide bonds. The minimum Gasteiger partial charge on any atom is -0.204 e. The topological polar surface area (TPSA) is 0 Å². The molecule has 1 aliphatic carbocycles. The zero-order chi connectivity index (χ0) is 15.6. The first kappa shape index (κ1) is 14.4. The molecule has 21 heavy (non-hydrogen) atoms. The SMILES string of the molecule is FC1=C(c2cc3ccccc3s2)C(F)(F)C(F)(F)C1(F)F. The van der Waals surface area contributed by atoms with Gasteiger partial charge in [0.25, 0.3) is 0 Å². The van der Waals surface area contributed by atoms with Crippen LogP contribution in [0.3, 0.4) is 0 Å². The molecule has 0 spiro atoms. The molecule has 2 aromatic rings. The Labute approximate surface area is 117 Å². The van der Waals surface area contributed by atoms with E-state index in [1.807, 2.05) is 0 Å². The van der Waals surface area contributed by atoms with Crippen LogP contribution in [-0.2, 0) is 0 Å². The highest BCUT2D eigenvalue weighted by Gasteiger charge is 2.81. The quantitative estimate of drug-likeness (QED) is 0.607. The fourth-order valence-electron chi connectivity index (χ4n) is 2.15. The summed E-state index contributed by atoms with van der Waals surface area (Å²) in [7, 11) is 0. The first-order valence-electron chi connectivity index (χ1n) is 5.64.